The number of carbonyl (C=O) groups excluding carboxylic acids is 1. The molecule has 1 heterocycles. The lowest BCUT2D eigenvalue weighted by atomic mass is 10.1. The van der Waals surface area contributed by atoms with Crippen LogP contribution in [0.1, 0.15) is 13.8 Å². The van der Waals surface area contributed by atoms with Gasteiger partial charge in [0.15, 0.2) is 0 Å². The Morgan fingerprint density at radius 2 is 1.95 bits per heavy atom. The Balaban J connectivity index is 2.10. The van der Waals surface area contributed by atoms with E-state index in [1.165, 1.54) is 0 Å². The lowest BCUT2D eigenvalue weighted by Crippen LogP contribution is -2.19. The van der Waals surface area contributed by atoms with Gasteiger partial charge in [0.2, 0.25) is 5.91 Å². The Labute approximate surface area is 117 Å². The number of pyridine rings is 1. The van der Waals surface area contributed by atoms with Gasteiger partial charge in [-0.1, -0.05) is 19.9 Å². The number of rotatable bonds is 4. The van der Waals surface area contributed by atoms with Crippen LogP contribution in [0.4, 0.5) is 11.6 Å². The highest BCUT2D eigenvalue weighted by Crippen LogP contribution is 2.58. The third-order valence-electron chi connectivity index (χ3n) is 3.82. The molecule has 0 unspecified atom stereocenters. The van der Waals surface area contributed by atoms with Crippen molar-refractivity contribution in [1.29, 1.82) is 0 Å². The van der Waals surface area contributed by atoms with Gasteiger partial charge in [-0.25, -0.2) is 4.98 Å². The summed E-state index contributed by atoms with van der Waals surface area (Å²) >= 11 is 0. The van der Waals surface area contributed by atoms with E-state index in [9.17, 15) is 9.59 Å². The van der Waals surface area contributed by atoms with Crippen LogP contribution in [0.25, 0.3) is 0 Å². The van der Waals surface area contributed by atoms with Crippen molar-refractivity contribution < 1.29 is 14.7 Å². The summed E-state index contributed by atoms with van der Waals surface area (Å²) in [4.78, 5) is 29.4. The number of hydrogen-bond acceptors (Lipinski definition) is 4. The number of nitrogens with zero attached hydrogens (tertiary/aromatic N) is 2. The molecule has 6 nitrogen and oxygen atoms in total. The van der Waals surface area contributed by atoms with Gasteiger partial charge in [-0.3, -0.25) is 9.59 Å². The molecule has 20 heavy (non-hydrogen) atoms. The lowest BCUT2D eigenvalue weighted by Gasteiger charge is -2.12. The number of aliphatic carboxylic acids is 1. The molecule has 2 rings (SSSR count). The zero-order chi connectivity index (χ0) is 15.1. The van der Waals surface area contributed by atoms with Crippen molar-refractivity contribution in [2.75, 3.05) is 24.3 Å². The number of hydrogen-bond donors (Lipinski definition) is 2. The van der Waals surface area contributed by atoms with Crippen LogP contribution in [0.3, 0.4) is 0 Å². The maximum atomic E-state index is 12.2. The van der Waals surface area contributed by atoms with Crippen LogP contribution in [0, 0.1) is 17.3 Å². The summed E-state index contributed by atoms with van der Waals surface area (Å²) in [6.07, 6.45) is 0. The first kappa shape index (κ1) is 14.3. The van der Waals surface area contributed by atoms with Crippen LogP contribution in [-0.4, -0.2) is 36.1 Å². The summed E-state index contributed by atoms with van der Waals surface area (Å²) in [7, 11) is 3.72. The molecule has 2 atom stereocenters. The molecule has 1 aromatic rings. The summed E-state index contributed by atoms with van der Waals surface area (Å²) in [5, 5.41) is 11.8. The third kappa shape index (κ3) is 2.45. The Morgan fingerprint density at radius 1 is 1.30 bits per heavy atom. The standard InChI is InChI=1S/C14H19N3O3/c1-14(2)10(11(14)13(19)20)12(18)16-8-6-5-7-9(15-8)17(3)4/h5-7,10-11H,1-4H3,(H,19,20)(H,15,16,18)/t10-,11+/m0/s1. The van der Waals surface area contributed by atoms with Crippen LogP contribution < -0.4 is 10.2 Å². The van der Waals surface area contributed by atoms with E-state index in [1.54, 1.807) is 26.0 Å². The maximum absolute atomic E-state index is 12.2. The molecule has 0 spiro atoms. The number of carbonyl (C=O) groups is 2. The highest BCUT2D eigenvalue weighted by atomic mass is 16.4. The summed E-state index contributed by atoms with van der Waals surface area (Å²) < 4.78 is 0. The normalized spacial score (nSPS) is 23.0. The monoisotopic (exact) mass is 277 g/mol. The first-order valence-electron chi connectivity index (χ1n) is 6.43. The van der Waals surface area contributed by atoms with E-state index in [0.717, 1.165) is 5.82 Å². The van der Waals surface area contributed by atoms with E-state index in [0.29, 0.717) is 5.82 Å². The zero-order valence-corrected chi connectivity index (χ0v) is 12.0. The molecule has 1 aliphatic rings. The Kier molecular flexibility index (Phi) is 3.41. The summed E-state index contributed by atoms with van der Waals surface area (Å²) in [5.74, 6) is -1.18. The van der Waals surface area contributed by atoms with Crippen LogP contribution in [0.2, 0.25) is 0 Å². The molecule has 1 saturated carbocycles. The fourth-order valence-electron chi connectivity index (χ4n) is 2.53. The fraction of sp³-hybridized carbons (Fsp3) is 0.500. The smallest absolute Gasteiger partial charge is 0.307 e. The zero-order valence-electron chi connectivity index (χ0n) is 12.0. The van der Waals surface area contributed by atoms with Crippen molar-refractivity contribution in [1.82, 2.24) is 4.98 Å². The molecule has 6 heteroatoms. The molecular formula is C14H19N3O3. The van der Waals surface area contributed by atoms with Crippen molar-refractivity contribution in [2.24, 2.45) is 17.3 Å². The molecule has 1 fully saturated rings. The quantitative estimate of drug-likeness (QED) is 0.870. The molecule has 108 valence electrons. The van der Waals surface area contributed by atoms with Gasteiger partial charge < -0.3 is 15.3 Å². The second kappa shape index (κ2) is 4.77. The topological polar surface area (TPSA) is 82.5 Å². The van der Waals surface area contributed by atoms with Gasteiger partial charge in [0, 0.05) is 14.1 Å². The van der Waals surface area contributed by atoms with Gasteiger partial charge in [0.25, 0.3) is 0 Å². The van der Waals surface area contributed by atoms with Gasteiger partial charge in [0.1, 0.15) is 11.6 Å². The highest BCUT2D eigenvalue weighted by molar-refractivity contribution is 5.99. The van der Waals surface area contributed by atoms with E-state index in [4.69, 9.17) is 5.11 Å². The van der Waals surface area contributed by atoms with Gasteiger partial charge in [-0.15, -0.1) is 0 Å². The SMILES string of the molecule is CN(C)c1cccc(NC(=O)[C@@H]2[C@H](C(=O)O)C2(C)C)n1. The molecule has 1 amide bonds. The number of amides is 1. The van der Waals surface area contributed by atoms with Crippen molar-refractivity contribution >= 4 is 23.5 Å². The Bertz CT molecular complexity index is 554. The minimum atomic E-state index is -0.926. The number of aromatic nitrogens is 1. The average Bonchev–Trinajstić information content (AvgIpc) is 2.93. The Morgan fingerprint density at radius 3 is 2.45 bits per heavy atom. The highest BCUT2D eigenvalue weighted by Gasteiger charge is 2.65. The van der Waals surface area contributed by atoms with Crippen molar-refractivity contribution in [3.05, 3.63) is 18.2 Å². The first-order chi connectivity index (χ1) is 9.25. The van der Waals surface area contributed by atoms with Crippen molar-refractivity contribution in [3.8, 4) is 0 Å². The summed E-state index contributed by atoms with van der Waals surface area (Å²) in [5.41, 5.74) is -0.505. The second-order valence-electron chi connectivity index (χ2n) is 5.88. The van der Waals surface area contributed by atoms with Gasteiger partial charge in [0.05, 0.1) is 11.8 Å². The van der Waals surface area contributed by atoms with E-state index < -0.39 is 23.2 Å². The predicted octanol–water partition coefficient (Wildman–Crippen LogP) is 1.44. The predicted molar refractivity (Wildman–Crippen MR) is 75.6 cm³/mol. The minimum Gasteiger partial charge on any atom is -0.481 e. The van der Waals surface area contributed by atoms with Crippen LogP contribution in [0.15, 0.2) is 18.2 Å². The molecular weight excluding hydrogens is 258 g/mol. The second-order valence-corrected chi connectivity index (χ2v) is 5.88. The van der Waals surface area contributed by atoms with E-state index in [-0.39, 0.29) is 5.91 Å². The third-order valence-corrected chi connectivity index (χ3v) is 3.82. The molecule has 0 saturated heterocycles. The van der Waals surface area contributed by atoms with E-state index in [1.807, 2.05) is 25.1 Å². The summed E-state index contributed by atoms with van der Waals surface area (Å²) in [6.45, 7) is 3.58. The molecule has 1 aromatic heterocycles. The molecule has 0 bridgehead atoms. The molecule has 0 aromatic carbocycles. The van der Waals surface area contributed by atoms with Gasteiger partial charge in [-0.05, 0) is 17.5 Å². The molecule has 0 radical (unpaired) electrons. The van der Waals surface area contributed by atoms with Crippen molar-refractivity contribution in [2.45, 2.75) is 13.8 Å². The van der Waals surface area contributed by atoms with E-state index in [2.05, 4.69) is 10.3 Å². The van der Waals surface area contributed by atoms with Crippen LogP contribution in [-0.2, 0) is 9.59 Å². The summed E-state index contributed by atoms with van der Waals surface area (Å²) in [6, 6.07) is 5.32. The molecule has 1 aliphatic carbocycles. The number of carboxylic acid groups (broad SMARTS) is 1. The largest absolute Gasteiger partial charge is 0.481 e. The molecule has 2 N–H and O–H groups in total. The lowest BCUT2D eigenvalue weighted by molar-refractivity contribution is -0.140. The van der Waals surface area contributed by atoms with Crippen LogP contribution in [0.5, 0.6) is 0 Å². The van der Waals surface area contributed by atoms with Gasteiger partial charge >= 0.3 is 5.97 Å². The average molecular weight is 277 g/mol. The van der Waals surface area contributed by atoms with Crippen LogP contribution >= 0.6 is 0 Å². The Hall–Kier alpha value is -2.11. The maximum Gasteiger partial charge on any atom is 0.307 e. The minimum absolute atomic E-state index is 0.286. The van der Waals surface area contributed by atoms with Gasteiger partial charge in [-0.2, -0.15) is 0 Å². The first-order valence-corrected chi connectivity index (χ1v) is 6.43. The number of anilines is 2. The molecule has 0 aliphatic heterocycles. The van der Waals surface area contributed by atoms with E-state index >= 15 is 0 Å². The number of nitrogens with one attached hydrogen (secondary N) is 1. The fourth-order valence-corrected chi connectivity index (χ4v) is 2.53. The number of carboxylic acids is 1. The van der Waals surface area contributed by atoms with Crippen molar-refractivity contribution in [3.63, 3.8) is 0 Å².